The highest BCUT2D eigenvalue weighted by Gasteiger charge is 2.25. The second-order valence-corrected chi connectivity index (χ2v) is 7.86. The number of carbonyl (C=O) groups is 1. The molecule has 0 aliphatic heterocycles. The van der Waals surface area contributed by atoms with Crippen molar-refractivity contribution >= 4 is 39.9 Å². The molecule has 1 saturated carbocycles. The molecule has 2 aliphatic carbocycles. The van der Waals surface area contributed by atoms with E-state index in [0.29, 0.717) is 45.6 Å². The van der Waals surface area contributed by atoms with E-state index in [0.717, 1.165) is 6.54 Å². The second-order valence-electron chi connectivity index (χ2n) is 7.48. The molecule has 2 aliphatic rings. The second kappa shape index (κ2) is 8.93. The number of benzene rings is 1. The van der Waals surface area contributed by atoms with Crippen molar-refractivity contribution in [3.8, 4) is 0 Å². The number of alkyl halides is 1. The third-order valence-corrected chi connectivity index (χ3v) is 5.58. The summed E-state index contributed by atoms with van der Waals surface area (Å²) in [7, 11) is 2.05. The monoisotopic (exact) mass is 427 g/mol. The molecule has 4 rings (SSSR count). The zero-order valence-corrected chi connectivity index (χ0v) is 17.4. The number of nitrogens with one attached hydrogen (secondary N) is 2. The summed E-state index contributed by atoms with van der Waals surface area (Å²) in [6.07, 6.45) is 11.6. The molecule has 0 spiro atoms. The molecule has 30 heavy (non-hydrogen) atoms. The van der Waals surface area contributed by atoms with Gasteiger partial charge in [-0.2, -0.15) is 0 Å². The highest BCUT2D eigenvalue weighted by molar-refractivity contribution is 6.39. The van der Waals surface area contributed by atoms with Crippen LogP contribution in [0.25, 0.3) is 10.9 Å². The molecular formula is C22H23ClFN5O. The van der Waals surface area contributed by atoms with Gasteiger partial charge in [0.1, 0.15) is 18.3 Å². The molecule has 0 radical (unpaired) electrons. The number of halogens is 2. The third kappa shape index (κ3) is 4.68. The molecule has 1 heterocycles. The van der Waals surface area contributed by atoms with E-state index in [2.05, 4.69) is 25.5 Å². The van der Waals surface area contributed by atoms with Crippen molar-refractivity contribution in [2.75, 3.05) is 24.2 Å². The summed E-state index contributed by atoms with van der Waals surface area (Å²) in [6.45, 7) is 0.722. The summed E-state index contributed by atoms with van der Waals surface area (Å²) in [5, 5.41) is 6.65. The van der Waals surface area contributed by atoms with Crippen molar-refractivity contribution in [2.24, 2.45) is 0 Å². The summed E-state index contributed by atoms with van der Waals surface area (Å²) in [5.74, 6) is 0.127. The van der Waals surface area contributed by atoms with E-state index >= 15 is 0 Å². The largest absolute Gasteiger partial charge is 0.341 e. The van der Waals surface area contributed by atoms with Crippen molar-refractivity contribution in [2.45, 2.75) is 31.5 Å². The average Bonchev–Trinajstić information content (AvgIpc) is 3.57. The Kier molecular flexibility index (Phi) is 6.11. The number of hydrogen-bond donors (Lipinski definition) is 2. The minimum absolute atomic E-state index is 0.268. The van der Waals surface area contributed by atoms with Crippen LogP contribution in [0.2, 0.25) is 5.02 Å². The van der Waals surface area contributed by atoms with E-state index in [-0.39, 0.29) is 5.91 Å². The van der Waals surface area contributed by atoms with Gasteiger partial charge in [0, 0.05) is 25.1 Å². The number of nitrogens with zero attached hydrogens (tertiary/aromatic N) is 3. The molecule has 0 saturated heterocycles. The van der Waals surface area contributed by atoms with Crippen molar-refractivity contribution < 1.29 is 9.18 Å². The number of rotatable bonds is 7. The molecule has 0 bridgehead atoms. The standard InChI is InChI=1S/C22H23ClFN5O/c1-29(14-8-9-14)12-4-7-19(30)27-18-11-10-17-20(21(18)23)22(26-13-25-17)28-16-6-3-2-5-15(16)24/h2-4,6-7,10-11,13-15H,5,8-9,12H2,1H3,(H,27,30)(H,25,26,28)/b7-4+. The summed E-state index contributed by atoms with van der Waals surface area (Å²) >= 11 is 6.58. The van der Waals surface area contributed by atoms with Crippen molar-refractivity contribution in [1.29, 1.82) is 0 Å². The van der Waals surface area contributed by atoms with E-state index in [9.17, 15) is 9.18 Å². The molecular weight excluding hydrogens is 405 g/mol. The Morgan fingerprint density at radius 2 is 2.20 bits per heavy atom. The van der Waals surface area contributed by atoms with Crippen LogP contribution in [0.5, 0.6) is 0 Å². The Labute approximate surface area is 179 Å². The van der Waals surface area contributed by atoms with Crippen LogP contribution in [0.1, 0.15) is 19.3 Å². The third-order valence-electron chi connectivity index (χ3n) is 5.19. The molecule has 1 aromatic carbocycles. The maximum atomic E-state index is 14.2. The summed E-state index contributed by atoms with van der Waals surface area (Å²) in [6, 6.07) is 4.08. The first-order chi connectivity index (χ1) is 14.5. The van der Waals surface area contributed by atoms with Crippen molar-refractivity contribution in [3.63, 3.8) is 0 Å². The zero-order valence-electron chi connectivity index (χ0n) is 16.6. The van der Waals surface area contributed by atoms with Gasteiger partial charge >= 0.3 is 0 Å². The van der Waals surface area contributed by atoms with Gasteiger partial charge in [0.05, 0.1) is 27.3 Å². The minimum Gasteiger partial charge on any atom is -0.341 e. The van der Waals surface area contributed by atoms with Crippen LogP contribution in [0, 0.1) is 0 Å². The molecule has 1 aromatic heterocycles. The normalized spacial score (nSPS) is 18.8. The van der Waals surface area contributed by atoms with Gasteiger partial charge in [0.2, 0.25) is 5.91 Å². The summed E-state index contributed by atoms with van der Waals surface area (Å²) in [5.41, 5.74) is 1.45. The van der Waals surface area contributed by atoms with E-state index < -0.39 is 6.17 Å². The molecule has 156 valence electrons. The Morgan fingerprint density at radius 3 is 2.97 bits per heavy atom. The number of amides is 1. The molecule has 1 atom stereocenters. The van der Waals surface area contributed by atoms with Crippen LogP contribution in [0.3, 0.4) is 0 Å². The van der Waals surface area contributed by atoms with Crippen molar-refractivity contribution in [3.05, 3.63) is 59.6 Å². The molecule has 8 heteroatoms. The average molecular weight is 428 g/mol. The molecule has 1 fully saturated rings. The van der Waals surface area contributed by atoms with E-state index in [4.69, 9.17) is 11.6 Å². The highest BCUT2D eigenvalue weighted by atomic mass is 35.5. The van der Waals surface area contributed by atoms with Crippen LogP contribution >= 0.6 is 11.6 Å². The maximum Gasteiger partial charge on any atom is 0.248 e. The topological polar surface area (TPSA) is 70.2 Å². The lowest BCUT2D eigenvalue weighted by Gasteiger charge is -2.17. The predicted molar refractivity (Wildman–Crippen MR) is 118 cm³/mol. The van der Waals surface area contributed by atoms with Gasteiger partial charge in [0.25, 0.3) is 0 Å². The number of carbonyl (C=O) groups excluding carboxylic acids is 1. The Morgan fingerprint density at radius 1 is 1.37 bits per heavy atom. The number of allylic oxidation sites excluding steroid dienone is 4. The van der Waals surface area contributed by atoms with Gasteiger partial charge in [-0.3, -0.25) is 9.69 Å². The summed E-state index contributed by atoms with van der Waals surface area (Å²) in [4.78, 5) is 23.0. The lowest BCUT2D eigenvalue weighted by atomic mass is 10.1. The minimum atomic E-state index is -1.14. The quantitative estimate of drug-likeness (QED) is 0.638. The van der Waals surface area contributed by atoms with Crippen LogP contribution in [-0.2, 0) is 4.79 Å². The number of likely N-dealkylation sites (N-methyl/N-ethyl adjacent to an activating group) is 1. The first kappa shape index (κ1) is 20.5. The van der Waals surface area contributed by atoms with Gasteiger partial charge in [-0.05, 0) is 38.1 Å². The van der Waals surface area contributed by atoms with Gasteiger partial charge in [-0.15, -0.1) is 0 Å². The molecule has 2 aromatic rings. The van der Waals surface area contributed by atoms with Crippen LogP contribution in [-0.4, -0.2) is 46.6 Å². The molecule has 1 amide bonds. The fraction of sp³-hybridized carbons (Fsp3) is 0.318. The Balaban J connectivity index is 1.53. The van der Waals surface area contributed by atoms with Gasteiger partial charge < -0.3 is 10.6 Å². The van der Waals surface area contributed by atoms with Gasteiger partial charge in [-0.1, -0.05) is 29.8 Å². The maximum absolute atomic E-state index is 14.2. The molecule has 6 nitrogen and oxygen atoms in total. The fourth-order valence-corrected chi connectivity index (χ4v) is 3.62. The predicted octanol–water partition coefficient (Wildman–Crippen LogP) is 4.47. The van der Waals surface area contributed by atoms with Crippen LogP contribution in [0.15, 0.2) is 54.5 Å². The number of hydrogen-bond acceptors (Lipinski definition) is 5. The first-order valence-electron chi connectivity index (χ1n) is 9.91. The van der Waals surface area contributed by atoms with Gasteiger partial charge in [-0.25, -0.2) is 14.4 Å². The van der Waals surface area contributed by atoms with Crippen LogP contribution in [0.4, 0.5) is 15.9 Å². The lowest BCUT2D eigenvalue weighted by molar-refractivity contribution is -0.111. The smallest absolute Gasteiger partial charge is 0.248 e. The van der Waals surface area contributed by atoms with E-state index in [1.807, 2.05) is 13.1 Å². The molecule has 2 N–H and O–H groups in total. The first-order valence-corrected chi connectivity index (χ1v) is 10.3. The number of anilines is 2. The van der Waals surface area contributed by atoms with E-state index in [1.54, 1.807) is 30.4 Å². The number of fused-ring (bicyclic) bond motifs is 1. The SMILES string of the molecule is CN(C/C=C/C(=O)Nc1ccc2ncnc(NC3=CC=CCC3F)c2c1Cl)C1CC1. The highest BCUT2D eigenvalue weighted by Crippen LogP contribution is 2.35. The summed E-state index contributed by atoms with van der Waals surface area (Å²) < 4.78 is 14.2. The fourth-order valence-electron chi connectivity index (χ4n) is 3.33. The van der Waals surface area contributed by atoms with Crippen LogP contribution < -0.4 is 10.6 Å². The Hall–Kier alpha value is -2.77. The van der Waals surface area contributed by atoms with Gasteiger partial charge in [0.15, 0.2) is 0 Å². The number of aromatic nitrogens is 2. The Bertz CT molecular complexity index is 1050. The van der Waals surface area contributed by atoms with E-state index in [1.165, 1.54) is 25.2 Å². The lowest BCUT2D eigenvalue weighted by Crippen LogP contribution is -2.20. The van der Waals surface area contributed by atoms with Crippen molar-refractivity contribution in [1.82, 2.24) is 14.9 Å². The molecule has 1 unspecified atom stereocenters. The zero-order chi connectivity index (χ0) is 21.1.